The number of halogens is 1. The zero-order chi connectivity index (χ0) is 16.9. The highest BCUT2D eigenvalue weighted by molar-refractivity contribution is 8.01. The molecule has 24 heavy (non-hydrogen) atoms. The number of hydrogen-bond acceptors (Lipinski definition) is 5. The van der Waals surface area contributed by atoms with E-state index < -0.39 is 6.04 Å². The lowest BCUT2D eigenvalue weighted by Crippen LogP contribution is -2.46. The van der Waals surface area contributed by atoms with E-state index in [1.807, 2.05) is 6.92 Å². The minimum atomic E-state index is -0.499. The van der Waals surface area contributed by atoms with Gasteiger partial charge in [0, 0.05) is 24.6 Å². The van der Waals surface area contributed by atoms with Crippen molar-refractivity contribution in [1.29, 1.82) is 0 Å². The van der Waals surface area contributed by atoms with Crippen molar-refractivity contribution in [3.8, 4) is 0 Å². The number of fused-ring (bicyclic) bond motifs is 2. The first-order valence-corrected chi connectivity index (χ1v) is 9.08. The Morgan fingerprint density at radius 2 is 2.33 bits per heavy atom. The third-order valence-electron chi connectivity index (χ3n) is 4.54. The summed E-state index contributed by atoms with van der Waals surface area (Å²) in [5.41, 5.74) is 1.39. The van der Waals surface area contributed by atoms with Crippen molar-refractivity contribution in [3.05, 3.63) is 35.2 Å². The average molecular weight is 366 g/mol. The second-order valence-corrected chi connectivity index (χ2v) is 8.16. The second-order valence-electron chi connectivity index (χ2n) is 6.22. The Kier molecular flexibility index (Phi) is 3.73. The average Bonchev–Trinajstić information content (AvgIpc) is 3.18. The summed E-state index contributed by atoms with van der Waals surface area (Å²) in [6.07, 6.45) is 4.81. The molecule has 0 aromatic carbocycles. The van der Waals surface area contributed by atoms with Crippen LogP contribution >= 0.6 is 23.4 Å². The Morgan fingerprint density at radius 1 is 1.50 bits per heavy atom. The third-order valence-corrected chi connectivity index (χ3v) is 6.27. The van der Waals surface area contributed by atoms with Gasteiger partial charge in [-0.15, -0.1) is 11.8 Å². The summed E-state index contributed by atoms with van der Waals surface area (Å²) in [4.78, 5) is 30.3. The molecule has 8 heteroatoms. The van der Waals surface area contributed by atoms with E-state index in [-0.39, 0.29) is 23.4 Å². The molecule has 1 amide bonds. The van der Waals surface area contributed by atoms with Crippen molar-refractivity contribution in [2.75, 3.05) is 5.75 Å². The van der Waals surface area contributed by atoms with Crippen LogP contribution in [-0.4, -0.2) is 42.8 Å². The van der Waals surface area contributed by atoms with Gasteiger partial charge in [0.25, 0.3) is 0 Å². The topological polar surface area (TPSA) is 63.9 Å². The van der Waals surface area contributed by atoms with Gasteiger partial charge in [0.1, 0.15) is 18.3 Å². The van der Waals surface area contributed by atoms with Crippen LogP contribution < -0.4 is 0 Å². The zero-order valence-electron chi connectivity index (χ0n) is 13.1. The first-order chi connectivity index (χ1) is 11.5. The van der Waals surface area contributed by atoms with Crippen molar-refractivity contribution in [2.24, 2.45) is 0 Å². The van der Waals surface area contributed by atoms with Gasteiger partial charge in [-0.25, -0.2) is 9.78 Å². The maximum atomic E-state index is 12.4. The number of carbonyl (C=O) groups excluding carboxylic acids is 2. The third kappa shape index (κ3) is 2.56. The number of carbonyl (C=O) groups is 2. The van der Waals surface area contributed by atoms with Gasteiger partial charge in [-0.1, -0.05) is 11.6 Å². The Balaban J connectivity index is 1.45. The zero-order valence-corrected chi connectivity index (χ0v) is 14.6. The molecule has 2 aliphatic rings. The molecule has 0 bridgehead atoms. The summed E-state index contributed by atoms with van der Waals surface area (Å²) in [6, 6.07) is 3.06. The smallest absolute Gasteiger partial charge is 0.330 e. The molecule has 2 saturated heterocycles. The lowest BCUT2D eigenvalue weighted by molar-refractivity contribution is -0.154. The number of aromatic nitrogens is 2. The van der Waals surface area contributed by atoms with Crippen LogP contribution in [0.2, 0.25) is 5.02 Å². The van der Waals surface area contributed by atoms with Crippen LogP contribution in [0.1, 0.15) is 25.5 Å². The summed E-state index contributed by atoms with van der Waals surface area (Å²) in [5, 5.41) is 0.609. The van der Waals surface area contributed by atoms with Gasteiger partial charge in [-0.2, -0.15) is 0 Å². The maximum absolute atomic E-state index is 12.4. The molecule has 6 nitrogen and oxygen atoms in total. The fourth-order valence-corrected chi connectivity index (χ4v) is 4.91. The van der Waals surface area contributed by atoms with Crippen LogP contribution in [0.4, 0.5) is 0 Å². The monoisotopic (exact) mass is 365 g/mol. The molecule has 0 saturated carbocycles. The van der Waals surface area contributed by atoms with Crippen molar-refractivity contribution in [1.82, 2.24) is 14.3 Å². The van der Waals surface area contributed by atoms with Gasteiger partial charge in [-0.05, 0) is 25.5 Å². The SMILES string of the molecule is C[C@]12CCC(=O)N1[C@H](C(=O)OCc1cn3cc(Cl)ccc3n1)CS2. The Labute approximate surface area is 148 Å². The fourth-order valence-electron chi connectivity index (χ4n) is 3.32. The molecule has 0 N–H and O–H groups in total. The van der Waals surface area contributed by atoms with E-state index in [0.717, 1.165) is 12.1 Å². The molecule has 2 aliphatic heterocycles. The van der Waals surface area contributed by atoms with E-state index >= 15 is 0 Å². The largest absolute Gasteiger partial charge is 0.458 e. The number of nitrogens with zero attached hydrogens (tertiary/aromatic N) is 3. The standard InChI is InChI=1S/C16H16ClN3O3S/c1-16-5-4-14(21)20(16)12(9-24-16)15(22)23-8-11-7-19-6-10(17)2-3-13(19)18-11/h2-3,6-7,12H,4-5,8-9H2,1H3/t12-,16-/m0/s1. The first-order valence-electron chi connectivity index (χ1n) is 7.72. The fraction of sp³-hybridized carbons (Fsp3) is 0.438. The molecule has 126 valence electrons. The summed E-state index contributed by atoms with van der Waals surface area (Å²) in [6.45, 7) is 2.10. The molecule has 4 heterocycles. The van der Waals surface area contributed by atoms with Crippen LogP contribution in [0.25, 0.3) is 5.65 Å². The molecule has 0 radical (unpaired) electrons. The molecular formula is C16H16ClN3O3S. The Bertz CT molecular complexity index is 839. The Morgan fingerprint density at radius 3 is 3.17 bits per heavy atom. The van der Waals surface area contributed by atoms with Gasteiger partial charge < -0.3 is 14.0 Å². The van der Waals surface area contributed by atoms with E-state index in [4.69, 9.17) is 16.3 Å². The molecule has 2 aromatic rings. The van der Waals surface area contributed by atoms with Crippen molar-refractivity contribution in [2.45, 2.75) is 37.3 Å². The summed E-state index contributed by atoms with van der Waals surface area (Å²) >= 11 is 7.60. The number of amides is 1. The van der Waals surface area contributed by atoms with Gasteiger partial charge in [-0.3, -0.25) is 4.79 Å². The first kappa shape index (κ1) is 15.8. The number of imidazole rings is 1. The number of thioether (sulfide) groups is 1. The van der Waals surface area contributed by atoms with E-state index in [1.54, 1.807) is 45.6 Å². The van der Waals surface area contributed by atoms with E-state index in [2.05, 4.69) is 4.98 Å². The minimum Gasteiger partial charge on any atom is -0.458 e. The predicted molar refractivity (Wildman–Crippen MR) is 90.7 cm³/mol. The van der Waals surface area contributed by atoms with E-state index in [9.17, 15) is 9.59 Å². The number of ether oxygens (including phenoxy) is 1. The lowest BCUT2D eigenvalue weighted by Gasteiger charge is -2.29. The lowest BCUT2D eigenvalue weighted by atomic mass is 10.2. The van der Waals surface area contributed by atoms with E-state index in [1.165, 1.54) is 0 Å². The van der Waals surface area contributed by atoms with Gasteiger partial charge in [0.05, 0.1) is 15.6 Å². The Hall–Kier alpha value is -1.73. The second kappa shape index (κ2) is 5.67. The molecular weight excluding hydrogens is 350 g/mol. The molecule has 4 rings (SSSR count). The summed E-state index contributed by atoms with van der Waals surface area (Å²) < 4.78 is 7.21. The maximum Gasteiger partial charge on any atom is 0.330 e. The highest BCUT2D eigenvalue weighted by Gasteiger charge is 2.53. The van der Waals surface area contributed by atoms with Crippen LogP contribution in [0.3, 0.4) is 0 Å². The minimum absolute atomic E-state index is 0.0341. The van der Waals surface area contributed by atoms with E-state index in [0.29, 0.717) is 22.9 Å². The van der Waals surface area contributed by atoms with Gasteiger partial charge >= 0.3 is 5.97 Å². The summed E-state index contributed by atoms with van der Waals surface area (Å²) in [5.74, 6) is 0.255. The number of rotatable bonds is 3. The number of hydrogen-bond donors (Lipinski definition) is 0. The molecule has 2 aromatic heterocycles. The van der Waals surface area contributed by atoms with Crippen LogP contribution in [0.15, 0.2) is 24.5 Å². The molecule has 2 fully saturated rings. The molecule has 0 spiro atoms. The number of esters is 1. The van der Waals surface area contributed by atoms with Crippen LogP contribution in [0.5, 0.6) is 0 Å². The van der Waals surface area contributed by atoms with Crippen LogP contribution in [-0.2, 0) is 20.9 Å². The van der Waals surface area contributed by atoms with Crippen molar-refractivity contribution < 1.29 is 14.3 Å². The van der Waals surface area contributed by atoms with Crippen LogP contribution in [0, 0.1) is 0 Å². The summed E-state index contributed by atoms with van der Waals surface area (Å²) in [7, 11) is 0. The molecule has 0 unspecified atom stereocenters. The van der Waals surface area contributed by atoms with Gasteiger partial charge in [0.2, 0.25) is 5.91 Å². The highest BCUT2D eigenvalue weighted by atomic mass is 35.5. The highest BCUT2D eigenvalue weighted by Crippen LogP contribution is 2.47. The van der Waals surface area contributed by atoms with Crippen molar-refractivity contribution >= 4 is 40.9 Å². The normalized spacial score (nSPS) is 26.2. The van der Waals surface area contributed by atoms with Gasteiger partial charge in [0.15, 0.2) is 0 Å². The predicted octanol–water partition coefficient (Wildman–Crippen LogP) is 2.48. The molecule has 0 aliphatic carbocycles. The van der Waals surface area contributed by atoms with Crippen molar-refractivity contribution in [3.63, 3.8) is 0 Å². The quantitative estimate of drug-likeness (QED) is 0.782. The molecule has 2 atom stereocenters. The number of pyridine rings is 1.